The molecule has 0 aliphatic rings. The molecule has 0 heterocycles. The van der Waals surface area contributed by atoms with E-state index in [1.165, 1.54) is 0 Å². The van der Waals surface area contributed by atoms with E-state index in [-0.39, 0.29) is 17.2 Å². The molecular formula is C12H17NO2S. The first-order valence-corrected chi connectivity index (χ1v) is 6.85. The summed E-state index contributed by atoms with van der Waals surface area (Å²) in [6, 6.07) is 7.88. The van der Waals surface area contributed by atoms with Gasteiger partial charge in [0.05, 0.1) is 5.69 Å². The van der Waals surface area contributed by atoms with E-state index in [0.717, 1.165) is 17.7 Å². The summed E-state index contributed by atoms with van der Waals surface area (Å²) >= 11 is 0. The third-order valence-electron chi connectivity index (χ3n) is 2.30. The van der Waals surface area contributed by atoms with Crippen molar-refractivity contribution in [2.24, 2.45) is 0 Å². The van der Waals surface area contributed by atoms with Crippen molar-refractivity contribution in [2.75, 3.05) is 17.1 Å². The smallest absolute Gasteiger partial charge is 0.324 e. The summed E-state index contributed by atoms with van der Waals surface area (Å²) in [6.45, 7) is 2.06. The Hall–Kier alpha value is -1.29. The molecule has 0 aliphatic heterocycles. The van der Waals surface area contributed by atoms with Gasteiger partial charge in [0.2, 0.25) is 0 Å². The molecule has 0 amide bonds. The average molecular weight is 239 g/mol. The molecule has 0 aromatic heterocycles. The molecule has 0 aliphatic carbocycles. The van der Waals surface area contributed by atoms with E-state index in [0.29, 0.717) is 0 Å². The average Bonchev–Trinajstić information content (AvgIpc) is 2.25. The predicted molar refractivity (Wildman–Crippen MR) is 71.4 cm³/mol. The maximum Gasteiger partial charge on any atom is 0.324 e. The zero-order valence-electron chi connectivity index (χ0n) is 9.64. The molecule has 1 unspecified atom stereocenters. The molecule has 0 spiro atoms. The Morgan fingerprint density at radius 3 is 2.62 bits per heavy atom. The number of nitrogens with zero attached hydrogens (tertiary/aromatic N) is 1. The van der Waals surface area contributed by atoms with Crippen LogP contribution < -0.4 is 4.31 Å². The van der Waals surface area contributed by atoms with Crippen molar-refractivity contribution in [3.8, 4) is 0 Å². The number of para-hydroxylation sites is 1. The lowest BCUT2D eigenvalue weighted by atomic mass is 10.1. The Labute approximate surface area is 98.8 Å². The van der Waals surface area contributed by atoms with E-state index in [1.54, 1.807) is 0 Å². The number of hydrogen-bond donors (Lipinski definition) is 1. The molecule has 0 saturated carbocycles. The quantitative estimate of drug-likeness (QED) is 0.802. The summed E-state index contributed by atoms with van der Waals surface area (Å²) in [7, 11) is -0.334. The molecule has 3 nitrogen and oxygen atoms in total. The first-order valence-electron chi connectivity index (χ1n) is 5.09. The Bertz CT molecular complexity index is 404. The fraction of sp³-hybridized carbons (Fsp3) is 0.333. The molecule has 1 atom stereocenters. The normalized spacial score (nSPS) is 12.1. The van der Waals surface area contributed by atoms with Crippen LogP contribution >= 0.6 is 10.7 Å². The Morgan fingerprint density at radius 2 is 2.12 bits per heavy atom. The van der Waals surface area contributed by atoms with Gasteiger partial charge in [-0.15, -0.1) is 10.7 Å². The molecule has 88 valence electrons. The summed E-state index contributed by atoms with van der Waals surface area (Å²) < 4.78 is 1.83. The number of benzene rings is 1. The van der Waals surface area contributed by atoms with Gasteiger partial charge in [-0.05, 0) is 24.3 Å². The standard InChI is InChI=1S/C12H17NO2S/c1-4-10-7-5-6-8-11(10)13(16(2)3)9-12(14)15/h5-8H,2,4,9H2,1,3H3,(H,14,15). The van der Waals surface area contributed by atoms with Crippen LogP contribution in [-0.2, 0) is 11.2 Å². The zero-order chi connectivity index (χ0) is 12.1. The summed E-state index contributed by atoms with van der Waals surface area (Å²) in [4.78, 5) is 10.8. The van der Waals surface area contributed by atoms with Crippen LogP contribution in [0.4, 0.5) is 5.69 Å². The van der Waals surface area contributed by atoms with Gasteiger partial charge in [0, 0.05) is 0 Å². The van der Waals surface area contributed by atoms with E-state index in [4.69, 9.17) is 5.11 Å². The van der Waals surface area contributed by atoms with Gasteiger partial charge in [0.15, 0.2) is 0 Å². The Balaban J connectivity index is 3.10. The second-order valence-corrected chi connectivity index (χ2v) is 5.15. The van der Waals surface area contributed by atoms with Gasteiger partial charge in [-0.25, -0.2) is 0 Å². The van der Waals surface area contributed by atoms with E-state index in [2.05, 4.69) is 12.8 Å². The summed E-state index contributed by atoms with van der Waals surface area (Å²) in [5.74, 6) is 3.11. The summed E-state index contributed by atoms with van der Waals surface area (Å²) in [5, 5.41) is 8.89. The van der Waals surface area contributed by atoms with Gasteiger partial charge >= 0.3 is 5.97 Å². The van der Waals surface area contributed by atoms with E-state index in [1.807, 2.05) is 34.8 Å². The van der Waals surface area contributed by atoms with Crippen molar-refractivity contribution < 1.29 is 9.90 Å². The summed E-state index contributed by atoms with van der Waals surface area (Å²) in [6.07, 6.45) is 2.82. The highest BCUT2D eigenvalue weighted by molar-refractivity contribution is 8.14. The van der Waals surface area contributed by atoms with E-state index < -0.39 is 5.97 Å². The minimum Gasteiger partial charge on any atom is -0.480 e. The number of carbonyl (C=O) groups is 1. The zero-order valence-corrected chi connectivity index (χ0v) is 10.5. The van der Waals surface area contributed by atoms with Crippen LogP contribution in [-0.4, -0.2) is 29.7 Å². The van der Waals surface area contributed by atoms with E-state index in [9.17, 15) is 4.79 Å². The SMILES string of the molecule is C=S(C)N(CC(=O)O)c1ccccc1CC. The highest BCUT2D eigenvalue weighted by Gasteiger charge is 2.13. The molecule has 0 radical (unpaired) electrons. The summed E-state index contributed by atoms with van der Waals surface area (Å²) in [5.41, 5.74) is 2.14. The minimum absolute atomic E-state index is 0.000123. The number of hydrogen-bond acceptors (Lipinski definition) is 2. The number of rotatable bonds is 5. The third-order valence-corrected chi connectivity index (χ3v) is 3.37. The van der Waals surface area contributed by atoms with Gasteiger partial charge in [0.1, 0.15) is 6.54 Å². The second-order valence-electron chi connectivity index (χ2n) is 3.51. The first-order chi connectivity index (χ1) is 7.56. The molecule has 4 heteroatoms. The van der Waals surface area contributed by atoms with Crippen molar-refractivity contribution in [2.45, 2.75) is 13.3 Å². The monoisotopic (exact) mass is 239 g/mol. The highest BCUT2D eigenvalue weighted by Crippen LogP contribution is 2.27. The second kappa shape index (κ2) is 5.70. The largest absolute Gasteiger partial charge is 0.480 e. The number of aliphatic carboxylic acids is 1. The molecular weight excluding hydrogens is 222 g/mol. The molecule has 0 bridgehead atoms. The fourth-order valence-electron chi connectivity index (χ4n) is 1.54. The topological polar surface area (TPSA) is 40.5 Å². The minimum atomic E-state index is -0.825. The van der Waals surface area contributed by atoms with Crippen LogP contribution in [0, 0.1) is 0 Å². The van der Waals surface area contributed by atoms with Gasteiger partial charge in [-0.1, -0.05) is 31.0 Å². The van der Waals surface area contributed by atoms with Crippen LogP contribution in [0.5, 0.6) is 0 Å². The van der Waals surface area contributed by atoms with E-state index >= 15 is 0 Å². The molecule has 0 fully saturated rings. The van der Waals surface area contributed by atoms with Crippen LogP contribution in [0.25, 0.3) is 0 Å². The van der Waals surface area contributed by atoms with Crippen molar-refractivity contribution in [3.63, 3.8) is 0 Å². The predicted octanol–water partition coefficient (Wildman–Crippen LogP) is 2.39. The number of carboxylic acids is 1. The molecule has 1 N–H and O–H groups in total. The van der Waals surface area contributed by atoms with Crippen molar-refractivity contribution >= 4 is 28.2 Å². The van der Waals surface area contributed by atoms with Gasteiger partial charge < -0.3 is 9.41 Å². The number of anilines is 1. The fourth-order valence-corrected chi connectivity index (χ4v) is 2.38. The maximum absolute atomic E-state index is 10.8. The Kier molecular flexibility index (Phi) is 4.55. The van der Waals surface area contributed by atoms with Crippen molar-refractivity contribution in [1.82, 2.24) is 0 Å². The van der Waals surface area contributed by atoms with Crippen molar-refractivity contribution in [3.05, 3.63) is 29.8 Å². The van der Waals surface area contributed by atoms with Crippen LogP contribution in [0.15, 0.2) is 24.3 Å². The number of aryl methyl sites for hydroxylation is 1. The highest BCUT2D eigenvalue weighted by atomic mass is 32.2. The van der Waals surface area contributed by atoms with Gasteiger partial charge in [0.25, 0.3) is 0 Å². The molecule has 0 saturated heterocycles. The number of carboxylic acid groups (broad SMARTS) is 1. The maximum atomic E-state index is 10.8. The molecule has 1 aromatic rings. The Morgan fingerprint density at radius 1 is 1.50 bits per heavy atom. The van der Waals surface area contributed by atoms with Gasteiger partial charge in [-0.3, -0.25) is 4.79 Å². The first kappa shape index (κ1) is 12.8. The molecule has 16 heavy (non-hydrogen) atoms. The lowest BCUT2D eigenvalue weighted by Crippen LogP contribution is -2.25. The molecule has 1 rings (SSSR count). The van der Waals surface area contributed by atoms with Gasteiger partial charge in [-0.2, -0.15) is 0 Å². The lowest BCUT2D eigenvalue weighted by molar-refractivity contribution is -0.135. The molecule has 1 aromatic carbocycles. The van der Waals surface area contributed by atoms with Crippen molar-refractivity contribution in [1.29, 1.82) is 0 Å². The van der Waals surface area contributed by atoms with Crippen LogP contribution in [0.2, 0.25) is 0 Å². The third kappa shape index (κ3) is 3.10. The van der Waals surface area contributed by atoms with Crippen LogP contribution in [0.3, 0.4) is 0 Å². The van der Waals surface area contributed by atoms with Crippen LogP contribution in [0.1, 0.15) is 12.5 Å². The lowest BCUT2D eigenvalue weighted by Gasteiger charge is -2.25.